The van der Waals surface area contributed by atoms with Gasteiger partial charge in [0.25, 0.3) is 5.91 Å². The molecule has 2 nitrogen and oxygen atoms in total. The zero-order chi connectivity index (χ0) is 13.1. The van der Waals surface area contributed by atoms with Crippen LogP contribution in [-0.4, -0.2) is 5.91 Å². The van der Waals surface area contributed by atoms with Crippen LogP contribution in [-0.2, 0) is 0 Å². The number of carbonyl (C=O) groups is 1. The van der Waals surface area contributed by atoms with Crippen LogP contribution in [0.25, 0.3) is 0 Å². The molecule has 2 aromatic rings. The molecule has 0 aliphatic heterocycles. The van der Waals surface area contributed by atoms with Gasteiger partial charge in [-0.3, -0.25) is 4.79 Å². The molecule has 1 aromatic heterocycles. The maximum absolute atomic E-state index is 12.1. The van der Waals surface area contributed by atoms with Crippen LogP contribution in [0.2, 0.25) is 0 Å². The highest BCUT2D eigenvalue weighted by atomic mass is 79.9. The van der Waals surface area contributed by atoms with E-state index in [0.29, 0.717) is 4.88 Å². The summed E-state index contributed by atoms with van der Waals surface area (Å²) >= 11 is 8.18. The Morgan fingerprint density at radius 1 is 1.28 bits per heavy atom. The van der Waals surface area contributed by atoms with E-state index in [9.17, 15) is 4.79 Å². The van der Waals surface area contributed by atoms with Crippen LogP contribution >= 0.6 is 43.2 Å². The lowest BCUT2D eigenvalue weighted by Crippen LogP contribution is -2.25. The lowest BCUT2D eigenvalue weighted by molar-refractivity contribution is 0.0944. The minimum Gasteiger partial charge on any atom is -0.345 e. The van der Waals surface area contributed by atoms with Crippen LogP contribution < -0.4 is 5.32 Å². The van der Waals surface area contributed by atoms with Crippen molar-refractivity contribution >= 4 is 49.1 Å². The average Bonchev–Trinajstić information content (AvgIpc) is 2.71. The highest BCUT2D eigenvalue weighted by molar-refractivity contribution is 9.13. The maximum Gasteiger partial charge on any atom is 0.261 e. The number of nitrogens with one attached hydrogen (secondary N) is 1. The first kappa shape index (κ1) is 13.8. The van der Waals surface area contributed by atoms with Crippen molar-refractivity contribution in [3.8, 4) is 0 Å². The highest BCUT2D eigenvalue weighted by Crippen LogP contribution is 2.32. The monoisotopic (exact) mass is 387 g/mol. The van der Waals surface area contributed by atoms with Crippen molar-refractivity contribution in [3.63, 3.8) is 0 Å². The molecule has 0 saturated heterocycles. The molecule has 0 fully saturated rings. The Morgan fingerprint density at radius 2 is 1.94 bits per heavy atom. The molecule has 1 heterocycles. The second-order valence-electron chi connectivity index (χ2n) is 3.84. The van der Waals surface area contributed by atoms with E-state index in [-0.39, 0.29) is 11.9 Å². The molecular formula is C13H11Br2NOS. The molecule has 1 atom stereocenters. The van der Waals surface area contributed by atoms with Crippen molar-refractivity contribution < 1.29 is 4.79 Å². The van der Waals surface area contributed by atoms with Gasteiger partial charge >= 0.3 is 0 Å². The summed E-state index contributed by atoms with van der Waals surface area (Å²) in [5, 5.41) is 2.98. The fraction of sp³-hybridized carbons (Fsp3) is 0.154. The van der Waals surface area contributed by atoms with Gasteiger partial charge < -0.3 is 5.32 Å². The summed E-state index contributed by atoms with van der Waals surface area (Å²) < 4.78 is 1.84. The zero-order valence-electron chi connectivity index (χ0n) is 9.61. The van der Waals surface area contributed by atoms with Crippen LogP contribution in [0.1, 0.15) is 28.2 Å². The fourth-order valence-corrected chi connectivity index (χ4v) is 3.49. The SMILES string of the molecule is C[C@@H](NC(=O)c1cc(Br)c(Br)s1)c1ccccc1. The van der Waals surface area contributed by atoms with E-state index < -0.39 is 0 Å². The largest absolute Gasteiger partial charge is 0.345 e. The first-order chi connectivity index (χ1) is 8.58. The van der Waals surface area contributed by atoms with Crippen LogP contribution in [0.4, 0.5) is 0 Å². The molecule has 1 aromatic carbocycles. The first-order valence-electron chi connectivity index (χ1n) is 5.38. The summed E-state index contributed by atoms with van der Waals surface area (Å²) in [7, 11) is 0. The summed E-state index contributed by atoms with van der Waals surface area (Å²) in [6.45, 7) is 1.98. The number of hydrogen-bond acceptors (Lipinski definition) is 2. The molecule has 0 spiro atoms. The Hall–Kier alpha value is -0.650. The number of thiophene rings is 1. The molecule has 0 aliphatic rings. The van der Waals surface area contributed by atoms with E-state index in [4.69, 9.17) is 0 Å². The van der Waals surface area contributed by atoms with Crippen molar-refractivity contribution in [2.75, 3.05) is 0 Å². The third-order valence-electron chi connectivity index (χ3n) is 2.52. The molecule has 0 unspecified atom stereocenters. The number of benzene rings is 1. The molecule has 0 radical (unpaired) electrons. The van der Waals surface area contributed by atoms with Crippen molar-refractivity contribution in [1.29, 1.82) is 0 Å². The maximum atomic E-state index is 12.1. The van der Waals surface area contributed by atoms with Crippen LogP contribution in [0.3, 0.4) is 0 Å². The van der Waals surface area contributed by atoms with Gasteiger partial charge in [-0.1, -0.05) is 30.3 Å². The fourth-order valence-electron chi connectivity index (χ4n) is 1.55. The minimum atomic E-state index is -0.0530. The quantitative estimate of drug-likeness (QED) is 0.806. The average molecular weight is 389 g/mol. The first-order valence-corrected chi connectivity index (χ1v) is 7.79. The second kappa shape index (κ2) is 5.99. The van der Waals surface area contributed by atoms with Gasteiger partial charge in [0, 0.05) is 4.47 Å². The highest BCUT2D eigenvalue weighted by Gasteiger charge is 2.14. The van der Waals surface area contributed by atoms with Gasteiger partial charge in [-0.2, -0.15) is 0 Å². The molecule has 1 N–H and O–H groups in total. The summed E-state index contributed by atoms with van der Waals surface area (Å²) in [5.74, 6) is -0.0530. The molecule has 18 heavy (non-hydrogen) atoms. The third-order valence-corrected chi connectivity index (χ3v) is 5.77. The van der Waals surface area contributed by atoms with E-state index in [0.717, 1.165) is 13.8 Å². The minimum absolute atomic E-state index is 0.00153. The normalized spacial score (nSPS) is 12.2. The van der Waals surface area contributed by atoms with Crippen molar-refractivity contribution in [1.82, 2.24) is 5.32 Å². The van der Waals surface area contributed by atoms with Crippen molar-refractivity contribution in [3.05, 3.63) is 55.1 Å². The lowest BCUT2D eigenvalue weighted by Gasteiger charge is -2.13. The van der Waals surface area contributed by atoms with E-state index in [1.54, 1.807) is 0 Å². The van der Waals surface area contributed by atoms with Gasteiger partial charge in [0.1, 0.15) is 0 Å². The summed E-state index contributed by atoms with van der Waals surface area (Å²) in [6, 6.07) is 11.7. The number of rotatable bonds is 3. The van der Waals surface area contributed by atoms with Crippen molar-refractivity contribution in [2.45, 2.75) is 13.0 Å². The summed E-state index contributed by atoms with van der Waals surface area (Å²) in [4.78, 5) is 12.7. The Balaban J connectivity index is 2.08. The topological polar surface area (TPSA) is 29.1 Å². The molecule has 0 saturated carbocycles. The van der Waals surface area contributed by atoms with Crippen LogP contribution in [0.15, 0.2) is 44.7 Å². The van der Waals surface area contributed by atoms with Crippen LogP contribution in [0, 0.1) is 0 Å². The van der Waals surface area contributed by atoms with Gasteiger partial charge in [0.2, 0.25) is 0 Å². The second-order valence-corrected chi connectivity index (χ2v) is 7.06. The van der Waals surface area contributed by atoms with Gasteiger partial charge in [-0.15, -0.1) is 11.3 Å². The third kappa shape index (κ3) is 3.22. The Labute approximate surface area is 127 Å². The van der Waals surface area contributed by atoms with E-state index >= 15 is 0 Å². The Bertz CT molecular complexity index is 534. The van der Waals surface area contributed by atoms with E-state index in [1.165, 1.54) is 11.3 Å². The molecule has 0 bridgehead atoms. The standard InChI is InChI=1S/C13H11Br2NOS/c1-8(9-5-3-2-4-6-9)16-13(17)11-7-10(14)12(15)18-11/h2-8H,1H3,(H,16,17)/t8-/m1/s1. The Kier molecular flexibility index (Phi) is 4.59. The number of amides is 1. The molecule has 94 valence electrons. The number of hydrogen-bond donors (Lipinski definition) is 1. The summed E-state index contributed by atoms with van der Waals surface area (Å²) in [5.41, 5.74) is 1.10. The molecular weight excluding hydrogens is 378 g/mol. The molecule has 0 aliphatic carbocycles. The van der Waals surface area contributed by atoms with Crippen molar-refractivity contribution in [2.24, 2.45) is 0 Å². The Morgan fingerprint density at radius 3 is 2.50 bits per heavy atom. The van der Waals surface area contributed by atoms with Crippen LogP contribution in [0.5, 0.6) is 0 Å². The van der Waals surface area contributed by atoms with E-state index in [2.05, 4.69) is 37.2 Å². The predicted molar refractivity (Wildman–Crippen MR) is 82.0 cm³/mol. The van der Waals surface area contributed by atoms with Gasteiger partial charge in [-0.25, -0.2) is 0 Å². The van der Waals surface area contributed by atoms with Gasteiger partial charge in [0.15, 0.2) is 0 Å². The lowest BCUT2D eigenvalue weighted by atomic mass is 10.1. The smallest absolute Gasteiger partial charge is 0.261 e. The van der Waals surface area contributed by atoms with E-state index in [1.807, 2.05) is 43.3 Å². The molecule has 1 amide bonds. The van der Waals surface area contributed by atoms with Gasteiger partial charge in [0.05, 0.1) is 14.7 Å². The summed E-state index contributed by atoms with van der Waals surface area (Å²) in [6.07, 6.45) is 0. The predicted octanol–water partition coefficient (Wildman–Crippen LogP) is 4.76. The van der Waals surface area contributed by atoms with Gasteiger partial charge in [-0.05, 0) is 50.4 Å². The molecule has 5 heteroatoms. The number of halogens is 2. The molecule has 2 rings (SSSR count). The zero-order valence-corrected chi connectivity index (χ0v) is 13.6. The number of carbonyl (C=O) groups excluding carboxylic acids is 1.